The van der Waals surface area contributed by atoms with E-state index in [-0.39, 0.29) is 60.7 Å². The molecule has 8 rings (SSSR count). The molecule has 0 bridgehead atoms. The molecule has 12 nitrogen and oxygen atoms in total. The van der Waals surface area contributed by atoms with E-state index in [1.54, 1.807) is 25.7 Å². The summed E-state index contributed by atoms with van der Waals surface area (Å²) in [4.78, 5) is 49.0. The maximum Gasteiger partial charge on any atom is 0.410 e. The average Bonchev–Trinajstić information content (AvgIpc) is 3.93. The lowest BCUT2D eigenvalue weighted by atomic mass is 10.1. The molecule has 4 aliphatic rings. The number of benzene rings is 1. The van der Waals surface area contributed by atoms with Gasteiger partial charge >= 0.3 is 11.8 Å². The van der Waals surface area contributed by atoms with Crippen LogP contribution in [0.3, 0.4) is 0 Å². The molecule has 3 aromatic heterocycles. The maximum atomic E-state index is 16.7. The Hall–Kier alpha value is -4.88. The molecular formula is C33H33F2N7O5. The summed E-state index contributed by atoms with van der Waals surface area (Å²) in [6.07, 6.45) is 4.57. The Morgan fingerprint density at radius 2 is 1.74 bits per heavy atom. The molecule has 0 radical (unpaired) electrons. The van der Waals surface area contributed by atoms with Gasteiger partial charge in [-0.3, -0.25) is 0 Å². The molecule has 0 unspecified atom stereocenters. The Bertz CT molecular complexity index is 1970. The van der Waals surface area contributed by atoms with Gasteiger partial charge in [0.25, 0.3) is 0 Å². The fraction of sp³-hybridized carbons (Fsp3) is 0.455. The summed E-state index contributed by atoms with van der Waals surface area (Å²) < 4.78 is 45.0. The quantitative estimate of drug-likeness (QED) is 0.330. The Balaban J connectivity index is 1.37. The standard InChI is InChI=1S/C33H33F2N7O5/c1-33(2,3)47-32(45)40-11-12-41-18(13-40)14-46-28-22-29(41)39-31(44)42(27-24(16-7-8-16)36-15-37-25(27)17-9-10-17)30(22)38-26(23(28)35)21-19(34)5-4-6-20(21)43/h4-6,15-18,43H,7-14H2,1-3H3/t18-/m1/s1. The van der Waals surface area contributed by atoms with Gasteiger partial charge in [-0.05, 0) is 58.6 Å². The van der Waals surface area contributed by atoms with Crippen molar-refractivity contribution >= 4 is 22.9 Å². The van der Waals surface area contributed by atoms with Crippen molar-refractivity contribution in [2.45, 2.75) is 69.9 Å². The zero-order chi connectivity index (χ0) is 32.8. The summed E-state index contributed by atoms with van der Waals surface area (Å²) in [6.45, 7) is 5.93. The van der Waals surface area contributed by atoms with Crippen LogP contribution in [0.2, 0.25) is 0 Å². The van der Waals surface area contributed by atoms with Gasteiger partial charge in [-0.2, -0.15) is 4.98 Å². The first-order chi connectivity index (χ1) is 22.5. The number of hydrogen-bond acceptors (Lipinski definition) is 10. The number of carbonyl (C=O) groups excluding carboxylic acids is 1. The lowest BCUT2D eigenvalue weighted by Crippen LogP contribution is -2.57. The third kappa shape index (κ3) is 5.01. The SMILES string of the molecule is CC(C)(C)OC(=O)N1CCN2c3nc(=O)n(-c4c(C5CC5)ncnc4C4CC4)c4nc(-c5c(O)cccc5F)c(F)c(c34)OC[C@H]2C1. The number of halogens is 2. The van der Waals surface area contributed by atoms with Gasteiger partial charge in [0.05, 0.1) is 28.7 Å². The van der Waals surface area contributed by atoms with Gasteiger partial charge in [-0.1, -0.05) is 6.07 Å². The summed E-state index contributed by atoms with van der Waals surface area (Å²) in [5.41, 5.74) is -0.544. The summed E-state index contributed by atoms with van der Waals surface area (Å²) in [6, 6.07) is 3.11. The van der Waals surface area contributed by atoms with E-state index < -0.39 is 52.1 Å². The second-order valence-corrected chi connectivity index (χ2v) is 13.6. The minimum atomic E-state index is -1.01. The van der Waals surface area contributed by atoms with Crippen LogP contribution in [0.4, 0.5) is 19.4 Å². The minimum Gasteiger partial charge on any atom is -0.507 e. The fourth-order valence-electron chi connectivity index (χ4n) is 6.53. The third-order valence-electron chi connectivity index (χ3n) is 8.99. The van der Waals surface area contributed by atoms with E-state index in [4.69, 9.17) is 9.47 Å². The largest absolute Gasteiger partial charge is 0.507 e. The number of piperazine rings is 1. The number of pyridine rings is 1. The van der Waals surface area contributed by atoms with Crippen LogP contribution in [0.15, 0.2) is 29.3 Å². The van der Waals surface area contributed by atoms with Crippen molar-refractivity contribution in [2.24, 2.45) is 0 Å². The van der Waals surface area contributed by atoms with Crippen LogP contribution in [-0.2, 0) is 4.74 Å². The van der Waals surface area contributed by atoms with Gasteiger partial charge < -0.3 is 24.4 Å². The normalized spacial score (nSPS) is 19.3. The van der Waals surface area contributed by atoms with Crippen molar-refractivity contribution in [3.63, 3.8) is 0 Å². The zero-order valence-electron chi connectivity index (χ0n) is 26.2. The Labute approximate surface area is 268 Å². The van der Waals surface area contributed by atoms with Crippen LogP contribution in [0.25, 0.3) is 28.0 Å². The molecule has 1 saturated heterocycles. The molecule has 4 aromatic rings. The predicted octanol–water partition coefficient (Wildman–Crippen LogP) is 4.79. The highest BCUT2D eigenvalue weighted by molar-refractivity contribution is 5.97. The van der Waals surface area contributed by atoms with Crippen LogP contribution in [0.5, 0.6) is 11.5 Å². The highest BCUT2D eigenvalue weighted by atomic mass is 19.1. The van der Waals surface area contributed by atoms with E-state index in [9.17, 15) is 14.7 Å². The molecular weight excluding hydrogens is 612 g/mol. The molecule has 0 spiro atoms. The molecule has 2 aliphatic heterocycles. The number of carbonyl (C=O) groups is 1. The smallest absolute Gasteiger partial charge is 0.410 e. The number of aromatic nitrogens is 5. The minimum absolute atomic E-state index is 0.0112. The number of fused-ring (bicyclic) bond motifs is 2. The highest BCUT2D eigenvalue weighted by Gasteiger charge is 2.41. The molecule has 2 saturated carbocycles. The van der Waals surface area contributed by atoms with E-state index in [1.807, 2.05) is 4.90 Å². The van der Waals surface area contributed by atoms with Gasteiger partial charge in [0.2, 0.25) is 0 Å². The number of phenolic OH excluding ortho intramolecular Hbond substituents is 1. The molecule has 1 atom stereocenters. The van der Waals surface area contributed by atoms with Gasteiger partial charge in [0.15, 0.2) is 17.2 Å². The molecule has 3 fully saturated rings. The topological polar surface area (TPSA) is 136 Å². The van der Waals surface area contributed by atoms with Crippen LogP contribution in [0.1, 0.15) is 69.7 Å². The fourth-order valence-corrected chi connectivity index (χ4v) is 6.53. The monoisotopic (exact) mass is 645 g/mol. The number of rotatable bonds is 4. The van der Waals surface area contributed by atoms with Gasteiger partial charge in [0.1, 0.15) is 47.0 Å². The van der Waals surface area contributed by atoms with Crippen molar-refractivity contribution < 1.29 is 28.2 Å². The number of amides is 1. The maximum absolute atomic E-state index is 16.7. The Morgan fingerprint density at radius 1 is 1.04 bits per heavy atom. The van der Waals surface area contributed by atoms with Crippen molar-refractivity contribution in [3.8, 4) is 28.4 Å². The van der Waals surface area contributed by atoms with Crippen LogP contribution in [-0.4, -0.2) is 78.5 Å². The molecule has 5 heterocycles. The second kappa shape index (κ2) is 10.6. The summed E-state index contributed by atoms with van der Waals surface area (Å²) in [5, 5.41) is 10.8. The van der Waals surface area contributed by atoms with Gasteiger partial charge in [-0.25, -0.2) is 37.9 Å². The Kier molecular flexibility index (Phi) is 6.64. The highest BCUT2D eigenvalue weighted by Crippen LogP contribution is 2.49. The number of nitrogens with zero attached hydrogens (tertiary/aromatic N) is 7. The first kappa shape index (κ1) is 29.5. The molecule has 47 heavy (non-hydrogen) atoms. The first-order valence-corrected chi connectivity index (χ1v) is 15.9. The van der Waals surface area contributed by atoms with E-state index in [0.29, 0.717) is 17.1 Å². The van der Waals surface area contributed by atoms with Gasteiger partial charge in [0, 0.05) is 31.5 Å². The molecule has 1 N–H and O–H groups in total. The van der Waals surface area contributed by atoms with E-state index >= 15 is 8.78 Å². The number of anilines is 1. The van der Waals surface area contributed by atoms with E-state index in [1.165, 1.54) is 23.0 Å². The van der Waals surface area contributed by atoms with Crippen LogP contribution < -0.4 is 15.3 Å². The lowest BCUT2D eigenvalue weighted by Gasteiger charge is -2.41. The molecule has 1 amide bonds. The lowest BCUT2D eigenvalue weighted by molar-refractivity contribution is 0.0201. The van der Waals surface area contributed by atoms with Crippen LogP contribution >= 0.6 is 0 Å². The molecule has 14 heteroatoms. The summed E-state index contributed by atoms with van der Waals surface area (Å²) >= 11 is 0. The van der Waals surface area contributed by atoms with Crippen molar-refractivity contribution in [1.82, 2.24) is 29.4 Å². The first-order valence-electron chi connectivity index (χ1n) is 15.9. The van der Waals surface area contributed by atoms with Crippen molar-refractivity contribution in [2.75, 3.05) is 31.1 Å². The van der Waals surface area contributed by atoms with Crippen LogP contribution in [0, 0.1) is 11.6 Å². The summed E-state index contributed by atoms with van der Waals surface area (Å²) in [7, 11) is 0. The molecule has 244 valence electrons. The number of phenols is 1. The summed E-state index contributed by atoms with van der Waals surface area (Å²) in [5.74, 6) is -2.34. The number of hydrogen-bond donors (Lipinski definition) is 1. The van der Waals surface area contributed by atoms with Crippen molar-refractivity contribution in [1.29, 1.82) is 0 Å². The van der Waals surface area contributed by atoms with E-state index in [0.717, 1.165) is 31.7 Å². The number of ether oxygens (including phenoxy) is 2. The van der Waals surface area contributed by atoms with Crippen molar-refractivity contribution in [3.05, 3.63) is 58.0 Å². The molecule has 1 aromatic carbocycles. The zero-order valence-corrected chi connectivity index (χ0v) is 26.2. The third-order valence-corrected chi connectivity index (χ3v) is 8.99. The van der Waals surface area contributed by atoms with E-state index in [2.05, 4.69) is 19.9 Å². The number of aromatic hydroxyl groups is 1. The second-order valence-electron chi connectivity index (χ2n) is 13.6. The predicted molar refractivity (Wildman–Crippen MR) is 166 cm³/mol. The average molecular weight is 646 g/mol. The molecule has 2 aliphatic carbocycles. The van der Waals surface area contributed by atoms with Gasteiger partial charge in [-0.15, -0.1) is 0 Å². The Morgan fingerprint density at radius 3 is 2.38 bits per heavy atom.